The highest BCUT2D eigenvalue weighted by Gasteiger charge is 2.12. The quantitative estimate of drug-likeness (QED) is 0.602. The summed E-state index contributed by atoms with van der Waals surface area (Å²) >= 11 is 0. The van der Waals surface area contributed by atoms with Crippen molar-refractivity contribution in [3.8, 4) is 0 Å². The normalized spacial score (nSPS) is 12.6. The zero-order valence-corrected chi connectivity index (χ0v) is 9.71. The molecule has 3 nitrogen and oxygen atoms in total. The Morgan fingerprint density at radius 1 is 1.25 bits per heavy atom. The SMILES string of the molecule is C/C=C(\F)C(=O)c1ccc(S(C)(=O)=O)cc1. The fourth-order valence-corrected chi connectivity index (χ4v) is 1.75. The topological polar surface area (TPSA) is 51.2 Å². The molecule has 5 heteroatoms. The van der Waals surface area contributed by atoms with Gasteiger partial charge in [-0.25, -0.2) is 12.8 Å². The minimum absolute atomic E-state index is 0.102. The Balaban J connectivity index is 3.10. The third kappa shape index (κ3) is 2.76. The minimum Gasteiger partial charge on any atom is -0.286 e. The van der Waals surface area contributed by atoms with Crippen LogP contribution in [-0.4, -0.2) is 20.5 Å². The summed E-state index contributed by atoms with van der Waals surface area (Å²) in [5.41, 5.74) is 0.128. The molecule has 0 aliphatic heterocycles. The molecule has 86 valence electrons. The van der Waals surface area contributed by atoms with Crippen molar-refractivity contribution in [1.82, 2.24) is 0 Å². The van der Waals surface area contributed by atoms with E-state index in [0.717, 1.165) is 12.3 Å². The molecule has 0 aromatic heterocycles. The molecule has 0 radical (unpaired) electrons. The van der Waals surface area contributed by atoms with Crippen LogP contribution in [0.1, 0.15) is 17.3 Å². The van der Waals surface area contributed by atoms with Gasteiger partial charge in [0, 0.05) is 11.8 Å². The van der Waals surface area contributed by atoms with E-state index in [1.807, 2.05) is 0 Å². The molecule has 0 fully saturated rings. The summed E-state index contributed by atoms with van der Waals surface area (Å²) in [7, 11) is -3.29. The third-order valence-corrected chi connectivity index (χ3v) is 3.14. The third-order valence-electron chi connectivity index (χ3n) is 2.02. The van der Waals surface area contributed by atoms with E-state index >= 15 is 0 Å². The van der Waals surface area contributed by atoms with Gasteiger partial charge in [0.1, 0.15) is 0 Å². The van der Waals surface area contributed by atoms with Crippen LogP contribution in [0, 0.1) is 0 Å². The number of carbonyl (C=O) groups is 1. The predicted octanol–water partition coefficient (Wildman–Crippen LogP) is 2.15. The first-order valence-electron chi connectivity index (χ1n) is 4.53. The van der Waals surface area contributed by atoms with Gasteiger partial charge in [-0.2, -0.15) is 0 Å². The largest absolute Gasteiger partial charge is 0.286 e. The predicted molar refractivity (Wildman–Crippen MR) is 58.7 cm³/mol. The molecule has 0 unspecified atom stereocenters. The number of ketones is 1. The summed E-state index contributed by atoms with van der Waals surface area (Å²) in [5, 5.41) is 0. The summed E-state index contributed by atoms with van der Waals surface area (Å²) in [6.45, 7) is 1.41. The maximum atomic E-state index is 12.9. The van der Waals surface area contributed by atoms with Crippen molar-refractivity contribution < 1.29 is 17.6 Å². The molecule has 0 N–H and O–H groups in total. The minimum atomic E-state index is -3.29. The Morgan fingerprint density at radius 3 is 2.12 bits per heavy atom. The molecule has 1 aromatic rings. The first-order chi connectivity index (χ1) is 7.36. The molecular weight excluding hydrogens is 231 g/mol. The fourth-order valence-electron chi connectivity index (χ4n) is 1.12. The van der Waals surface area contributed by atoms with E-state index in [4.69, 9.17) is 0 Å². The van der Waals surface area contributed by atoms with Crippen molar-refractivity contribution in [2.45, 2.75) is 11.8 Å². The molecule has 0 bridgehead atoms. The Bertz CT molecular complexity index is 527. The second-order valence-corrected chi connectivity index (χ2v) is 5.28. The van der Waals surface area contributed by atoms with Crippen LogP contribution in [0.15, 0.2) is 41.1 Å². The second kappa shape index (κ2) is 4.57. The first-order valence-corrected chi connectivity index (χ1v) is 6.42. The van der Waals surface area contributed by atoms with Gasteiger partial charge >= 0.3 is 0 Å². The van der Waals surface area contributed by atoms with Gasteiger partial charge in [-0.1, -0.05) is 0 Å². The number of sulfone groups is 1. The molecule has 16 heavy (non-hydrogen) atoms. The summed E-state index contributed by atoms with van der Waals surface area (Å²) in [6, 6.07) is 5.15. The van der Waals surface area contributed by atoms with Crippen LogP contribution in [0.2, 0.25) is 0 Å². The highest BCUT2D eigenvalue weighted by Crippen LogP contribution is 2.14. The van der Waals surface area contributed by atoms with Crippen molar-refractivity contribution in [1.29, 1.82) is 0 Å². The van der Waals surface area contributed by atoms with E-state index in [1.165, 1.54) is 31.2 Å². The van der Waals surface area contributed by atoms with Crippen LogP contribution in [0.4, 0.5) is 4.39 Å². The van der Waals surface area contributed by atoms with Gasteiger partial charge in [0.25, 0.3) is 0 Å². The monoisotopic (exact) mass is 242 g/mol. The lowest BCUT2D eigenvalue weighted by Gasteiger charge is -2.00. The number of hydrogen-bond donors (Lipinski definition) is 0. The van der Waals surface area contributed by atoms with Crippen molar-refractivity contribution in [2.75, 3.05) is 6.26 Å². The molecule has 1 aromatic carbocycles. The Labute approximate surface area is 93.5 Å². The highest BCUT2D eigenvalue weighted by molar-refractivity contribution is 7.90. The van der Waals surface area contributed by atoms with Gasteiger partial charge in [-0.05, 0) is 37.3 Å². The number of hydrogen-bond acceptors (Lipinski definition) is 3. The maximum Gasteiger partial charge on any atom is 0.220 e. The number of carbonyl (C=O) groups excluding carboxylic acids is 1. The van der Waals surface area contributed by atoms with Gasteiger partial charge in [-0.3, -0.25) is 4.79 Å². The van der Waals surface area contributed by atoms with Crippen LogP contribution < -0.4 is 0 Å². The number of rotatable bonds is 3. The van der Waals surface area contributed by atoms with Crippen LogP contribution in [0.25, 0.3) is 0 Å². The second-order valence-electron chi connectivity index (χ2n) is 3.26. The Kier molecular flexibility index (Phi) is 3.59. The van der Waals surface area contributed by atoms with Gasteiger partial charge in [-0.15, -0.1) is 0 Å². The Morgan fingerprint density at radius 2 is 1.75 bits per heavy atom. The molecule has 1 rings (SSSR count). The van der Waals surface area contributed by atoms with E-state index in [-0.39, 0.29) is 10.5 Å². The lowest BCUT2D eigenvalue weighted by Crippen LogP contribution is -2.01. The Hall–Kier alpha value is -1.49. The average Bonchev–Trinajstić information content (AvgIpc) is 2.26. The standard InChI is InChI=1S/C11H11FO3S/c1-3-10(12)11(13)8-4-6-9(7-5-8)16(2,14)15/h3-7H,1-2H3/b10-3-. The zero-order chi connectivity index (χ0) is 12.3. The molecule has 0 amide bonds. The summed E-state index contributed by atoms with van der Waals surface area (Å²) in [5.74, 6) is -1.60. The summed E-state index contributed by atoms with van der Waals surface area (Å²) in [4.78, 5) is 11.4. The van der Waals surface area contributed by atoms with Crippen molar-refractivity contribution >= 4 is 15.6 Å². The first kappa shape index (κ1) is 12.6. The highest BCUT2D eigenvalue weighted by atomic mass is 32.2. The average molecular weight is 242 g/mol. The van der Waals surface area contributed by atoms with Gasteiger partial charge in [0.05, 0.1) is 4.90 Å². The van der Waals surface area contributed by atoms with Crippen LogP contribution in [0.5, 0.6) is 0 Å². The van der Waals surface area contributed by atoms with Crippen LogP contribution >= 0.6 is 0 Å². The number of benzene rings is 1. The molecule has 0 spiro atoms. The molecule has 0 heterocycles. The smallest absolute Gasteiger partial charge is 0.220 e. The summed E-state index contributed by atoms with van der Waals surface area (Å²) in [6.07, 6.45) is 2.13. The van der Waals surface area contributed by atoms with E-state index in [0.29, 0.717) is 0 Å². The van der Waals surface area contributed by atoms with Crippen LogP contribution in [0.3, 0.4) is 0 Å². The molecular formula is C11H11FO3S. The number of halogens is 1. The molecule has 0 saturated heterocycles. The molecule has 0 aliphatic carbocycles. The maximum absolute atomic E-state index is 12.9. The van der Waals surface area contributed by atoms with Crippen LogP contribution in [-0.2, 0) is 9.84 Å². The lowest BCUT2D eigenvalue weighted by molar-refractivity contribution is 0.100. The van der Waals surface area contributed by atoms with E-state index in [1.54, 1.807) is 0 Å². The molecule has 0 atom stereocenters. The number of allylic oxidation sites excluding steroid dienone is 2. The molecule has 0 saturated carbocycles. The van der Waals surface area contributed by atoms with Gasteiger partial charge in [0.15, 0.2) is 15.7 Å². The summed E-state index contributed by atoms with van der Waals surface area (Å²) < 4.78 is 35.2. The molecule has 0 aliphatic rings. The van der Waals surface area contributed by atoms with Crippen molar-refractivity contribution in [2.24, 2.45) is 0 Å². The van der Waals surface area contributed by atoms with E-state index < -0.39 is 21.4 Å². The lowest BCUT2D eigenvalue weighted by atomic mass is 10.1. The number of Topliss-reactive ketones (excluding diaryl/α,β-unsaturated/α-hetero) is 1. The van der Waals surface area contributed by atoms with Crippen molar-refractivity contribution in [3.63, 3.8) is 0 Å². The van der Waals surface area contributed by atoms with Gasteiger partial charge in [0.2, 0.25) is 5.78 Å². The van der Waals surface area contributed by atoms with Gasteiger partial charge < -0.3 is 0 Å². The zero-order valence-electron chi connectivity index (χ0n) is 8.90. The van der Waals surface area contributed by atoms with E-state index in [2.05, 4.69) is 0 Å². The van der Waals surface area contributed by atoms with E-state index in [9.17, 15) is 17.6 Å². The van der Waals surface area contributed by atoms with Crippen molar-refractivity contribution in [3.05, 3.63) is 41.7 Å². The fraction of sp³-hybridized carbons (Fsp3) is 0.182.